The van der Waals surface area contributed by atoms with Crippen LogP contribution in [0.1, 0.15) is 13.8 Å². The lowest BCUT2D eigenvalue weighted by molar-refractivity contribution is -0.387. The van der Waals surface area contributed by atoms with Crippen LogP contribution in [-0.2, 0) is 24.4 Å². The van der Waals surface area contributed by atoms with Gasteiger partial charge in [0.05, 0.1) is 11.0 Å². The Labute approximate surface area is 172 Å². The fourth-order valence-corrected chi connectivity index (χ4v) is 4.02. The normalized spacial score (nSPS) is 16.2. The molecule has 0 unspecified atom stereocenters. The van der Waals surface area contributed by atoms with E-state index in [-0.39, 0.29) is 19.0 Å². The Hall–Kier alpha value is -3.32. The van der Waals surface area contributed by atoms with E-state index in [0.29, 0.717) is 0 Å². The molecule has 0 bridgehead atoms. The highest BCUT2D eigenvalue weighted by Gasteiger charge is 2.30. The first-order valence-corrected chi connectivity index (χ1v) is 10.3. The second-order valence-corrected chi connectivity index (χ2v) is 8.17. The van der Waals surface area contributed by atoms with Crippen LogP contribution in [0.25, 0.3) is 0 Å². The summed E-state index contributed by atoms with van der Waals surface area (Å²) < 4.78 is 27.0. The molecular formula is C17H21N5O7S. The third-order valence-corrected chi connectivity index (χ3v) is 5.73. The lowest BCUT2D eigenvalue weighted by Crippen LogP contribution is -2.53. The molecule has 0 radical (unpaired) electrons. The van der Waals surface area contributed by atoms with E-state index in [1.165, 1.54) is 37.1 Å². The molecule has 2 atom stereocenters. The third-order valence-electron chi connectivity index (χ3n) is 4.14. The number of nitrogens with zero attached hydrogens (tertiary/aromatic N) is 2. The van der Waals surface area contributed by atoms with Crippen LogP contribution in [0, 0.1) is 10.1 Å². The van der Waals surface area contributed by atoms with Gasteiger partial charge in [0.15, 0.2) is 4.90 Å². The number of nitro groups is 1. The molecular weight excluding hydrogens is 418 g/mol. The van der Waals surface area contributed by atoms with Crippen molar-refractivity contribution in [3.05, 3.63) is 46.7 Å². The van der Waals surface area contributed by atoms with Gasteiger partial charge in [-0.3, -0.25) is 24.5 Å². The molecule has 0 spiro atoms. The first-order chi connectivity index (χ1) is 14.0. The zero-order valence-electron chi connectivity index (χ0n) is 16.2. The highest BCUT2D eigenvalue weighted by Crippen LogP contribution is 2.22. The van der Waals surface area contributed by atoms with Crippen molar-refractivity contribution in [2.45, 2.75) is 30.8 Å². The van der Waals surface area contributed by atoms with Crippen molar-refractivity contribution in [2.24, 2.45) is 0 Å². The Morgan fingerprint density at radius 1 is 1.23 bits per heavy atom. The molecule has 0 aromatic heterocycles. The number of hydrogen-bond acceptors (Lipinski definition) is 7. The summed E-state index contributed by atoms with van der Waals surface area (Å²) in [6, 6.07) is 2.37. The molecule has 162 valence electrons. The van der Waals surface area contributed by atoms with E-state index in [0.717, 1.165) is 12.1 Å². The Morgan fingerprint density at radius 2 is 1.90 bits per heavy atom. The SMILES string of the molecule is C[C@H](NS(=O)(=O)c1ccccc1[N+](=O)[O-])C(=O)N[C@@H](C)C(=O)N1CC=CNC(=O)C1. The molecule has 13 heteroatoms. The molecule has 1 aromatic rings. The van der Waals surface area contributed by atoms with Crippen molar-refractivity contribution in [2.75, 3.05) is 13.1 Å². The molecule has 30 heavy (non-hydrogen) atoms. The van der Waals surface area contributed by atoms with E-state index in [2.05, 4.69) is 15.4 Å². The zero-order chi connectivity index (χ0) is 22.5. The molecule has 12 nitrogen and oxygen atoms in total. The van der Waals surface area contributed by atoms with Gasteiger partial charge < -0.3 is 15.5 Å². The number of hydrogen-bond donors (Lipinski definition) is 3. The lowest BCUT2D eigenvalue weighted by atomic mass is 10.2. The summed E-state index contributed by atoms with van der Waals surface area (Å²) in [7, 11) is -4.38. The highest BCUT2D eigenvalue weighted by atomic mass is 32.2. The van der Waals surface area contributed by atoms with E-state index < -0.39 is 49.4 Å². The number of rotatable bonds is 7. The maximum Gasteiger partial charge on any atom is 0.289 e. The number of nitro benzene ring substituents is 1. The zero-order valence-corrected chi connectivity index (χ0v) is 17.0. The third kappa shape index (κ3) is 5.61. The number of carbonyl (C=O) groups excluding carboxylic acids is 3. The molecule has 0 fully saturated rings. The second kappa shape index (κ2) is 9.45. The van der Waals surface area contributed by atoms with E-state index in [1.54, 1.807) is 6.08 Å². The van der Waals surface area contributed by atoms with E-state index in [1.807, 2.05) is 0 Å². The van der Waals surface area contributed by atoms with Gasteiger partial charge in [-0.25, -0.2) is 8.42 Å². The van der Waals surface area contributed by atoms with E-state index >= 15 is 0 Å². The summed E-state index contributed by atoms with van der Waals surface area (Å²) in [6.45, 7) is 2.61. The molecule has 1 aliphatic heterocycles. The summed E-state index contributed by atoms with van der Waals surface area (Å²) in [4.78, 5) is 47.2. The average Bonchev–Trinajstić information content (AvgIpc) is 2.91. The van der Waals surface area contributed by atoms with Gasteiger partial charge in [-0.05, 0) is 26.0 Å². The molecule has 3 N–H and O–H groups in total. The first-order valence-electron chi connectivity index (χ1n) is 8.82. The minimum Gasteiger partial charge on any atom is -0.343 e. The molecule has 3 amide bonds. The number of amides is 3. The smallest absolute Gasteiger partial charge is 0.289 e. The average molecular weight is 439 g/mol. The fourth-order valence-electron chi connectivity index (χ4n) is 2.64. The predicted molar refractivity (Wildman–Crippen MR) is 104 cm³/mol. The number of nitrogens with one attached hydrogen (secondary N) is 3. The van der Waals surface area contributed by atoms with Crippen LogP contribution in [-0.4, -0.2) is 61.1 Å². The van der Waals surface area contributed by atoms with Crippen LogP contribution < -0.4 is 15.4 Å². The van der Waals surface area contributed by atoms with Gasteiger partial charge >= 0.3 is 0 Å². The van der Waals surface area contributed by atoms with Crippen LogP contribution in [0.5, 0.6) is 0 Å². The van der Waals surface area contributed by atoms with Gasteiger partial charge in [-0.1, -0.05) is 12.1 Å². The van der Waals surface area contributed by atoms with Crippen LogP contribution in [0.15, 0.2) is 41.4 Å². The van der Waals surface area contributed by atoms with Crippen molar-refractivity contribution in [1.82, 2.24) is 20.3 Å². The molecule has 1 aliphatic rings. The minimum absolute atomic E-state index is 0.164. The fraction of sp³-hybridized carbons (Fsp3) is 0.353. The Balaban J connectivity index is 2.05. The molecule has 1 heterocycles. The molecule has 1 aromatic carbocycles. The summed E-state index contributed by atoms with van der Waals surface area (Å²) in [5, 5.41) is 15.9. The molecule has 0 aliphatic carbocycles. The van der Waals surface area contributed by atoms with Gasteiger partial charge in [0.1, 0.15) is 12.6 Å². The van der Waals surface area contributed by atoms with Gasteiger partial charge in [0.25, 0.3) is 5.69 Å². The van der Waals surface area contributed by atoms with Crippen molar-refractivity contribution < 1.29 is 27.7 Å². The van der Waals surface area contributed by atoms with E-state index in [9.17, 15) is 32.9 Å². The lowest BCUT2D eigenvalue weighted by Gasteiger charge is -2.24. The first kappa shape index (κ1) is 23.0. The van der Waals surface area contributed by atoms with Crippen molar-refractivity contribution in [3.63, 3.8) is 0 Å². The van der Waals surface area contributed by atoms with Crippen molar-refractivity contribution in [3.8, 4) is 0 Å². The highest BCUT2D eigenvalue weighted by molar-refractivity contribution is 7.89. The molecule has 0 saturated heterocycles. The number of para-hydroxylation sites is 1. The minimum atomic E-state index is -4.38. The maximum absolute atomic E-state index is 12.5. The Kier molecular flexibility index (Phi) is 7.24. The van der Waals surface area contributed by atoms with Gasteiger partial charge in [0, 0.05) is 18.8 Å². The topological polar surface area (TPSA) is 168 Å². The number of sulfonamides is 1. The van der Waals surface area contributed by atoms with Crippen molar-refractivity contribution >= 4 is 33.4 Å². The van der Waals surface area contributed by atoms with Crippen LogP contribution in [0.2, 0.25) is 0 Å². The van der Waals surface area contributed by atoms with Crippen LogP contribution >= 0.6 is 0 Å². The van der Waals surface area contributed by atoms with E-state index in [4.69, 9.17) is 0 Å². The van der Waals surface area contributed by atoms with Crippen LogP contribution in [0.3, 0.4) is 0 Å². The van der Waals surface area contributed by atoms with Crippen molar-refractivity contribution in [1.29, 1.82) is 0 Å². The van der Waals surface area contributed by atoms with Gasteiger partial charge in [-0.15, -0.1) is 0 Å². The van der Waals surface area contributed by atoms with Gasteiger partial charge in [-0.2, -0.15) is 4.72 Å². The monoisotopic (exact) mass is 439 g/mol. The Bertz CT molecular complexity index is 992. The number of benzene rings is 1. The number of carbonyl (C=O) groups is 3. The molecule has 0 saturated carbocycles. The standard InChI is InChI=1S/C17H21N5O7S/c1-11(20-30(28,29)14-7-4-3-6-13(14)22(26)27)16(24)19-12(2)17(25)21-9-5-8-18-15(23)10-21/h3-8,11-12,20H,9-10H2,1-2H3,(H,18,23)(H,19,24)/t11-,12-/m0/s1. The summed E-state index contributed by atoms with van der Waals surface area (Å²) in [6.07, 6.45) is 2.99. The Morgan fingerprint density at radius 3 is 2.57 bits per heavy atom. The molecule has 2 rings (SSSR count). The predicted octanol–water partition coefficient (Wildman–Crippen LogP) is -0.762. The summed E-state index contributed by atoms with van der Waals surface area (Å²) >= 11 is 0. The largest absolute Gasteiger partial charge is 0.343 e. The summed E-state index contributed by atoms with van der Waals surface area (Å²) in [5.41, 5.74) is -0.631. The van der Waals surface area contributed by atoms with Gasteiger partial charge in [0.2, 0.25) is 27.7 Å². The summed E-state index contributed by atoms with van der Waals surface area (Å²) in [5.74, 6) is -1.73. The second-order valence-electron chi connectivity index (χ2n) is 6.49. The quantitative estimate of drug-likeness (QED) is 0.370. The maximum atomic E-state index is 12.5. The van der Waals surface area contributed by atoms with Crippen LogP contribution in [0.4, 0.5) is 5.69 Å².